The largest absolute Gasteiger partial charge is 0.310 e. The molecule has 0 aromatic heterocycles. The van der Waals surface area contributed by atoms with Crippen LogP contribution in [0.15, 0.2) is 200 Å². The Kier molecular flexibility index (Phi) is 6.50. The van der Waals surface area contributed by atoms with Gasteiger partial charge < -0.3 is 4.90 Å². The van der Waals surface area contributed by atoms with Crippen LogP contribution in [0, 0.1) is 0 Å². The summed E-state index contributed by atoms with van der Waals surface area (Å²) in [5, 5.41) is 7.67. The first-order valence-electron chi connectivity index (χ1n) is 20.8. The highest BCUT2D eigenvalue weighted by atomic mass is 15.1. The van der Waals surface area contributed by atoms with E-state index in [0.717, 1.165) is 17.1 Å². The van der Waals surface area contributed by atoms with Crippen molar-refractivity contribution in [2.45, 2.75) is 24.7 Å². The van der Waals surface area contributed by atoms with Crippen LogP contribution >= 0.6 is 0 Å². The van der Waals surface area contributed by atoms with Gasteiger partial charge in [-0.05, 0) is 135 Å². The number of rotatable bonds is 3. The molecule has 10 aromatic carbocycles. The summed E-state index contributed by atoms with van der Waals surface area (Å²) in [6, 6.07) is 75.5. The van der Waals surface area contributed by atoms with Gasteiger partial charge in [-0.15, -0.1) is 0 Å². The lowest BCUT2D eigenvalue weighted by Gasteiger charge is -2.31. The molecule has 0 aliphatic heterocycles. The second-order valence-electron chi connectivity index (χ2n) is 17.2. The van der Waals surface area contributed by atoms with Gasteiger partial charge in [0.2, 0.25) is 0 Å². The Labute approximate surface area is 344 Å². The maximum Gasteiger partial charge on any atom is 0.0725 e. The number of benzene rings is 10. The van der Waals surface area contributed by atoms with Crippen LogP contribution in [-0.4, -0.2) is 0 Å². The number of hydrogen-bond donors (Lipinski definition) is 0. The van der Waals surface area contributed by atoms with Crippen molar-refractivity contribution in [1.29, 1.82) is 0 Å². The van der Waals surface area contributed by atoms with Crippen molar-refractivity contribution < 1.29 is 0 Å². The maximum absolute atomic E-state index is 2.50. The third-order valence-electron chi connectivity index (χ3n) is 14.1. The molecule has 1 spiro atoms. The van der Waals surface area contributed by atoms with Crippen LogP contribution in [-0.2, 0) is 10.8 Å². The van der Waals surface area contributed by atoms with E-state index in [1.165, 1.54) is 99.1 Å². The van der Waals surface area contributed by atoms with Crippen LogP contribution in [0.2, 0.25) is 0 Å². The lowest BCUT2D eigenvalue weighted by atomic mass is 9.70. The fourth-order valence-electron chi connectivity index (χ4n) is 11.6. The number of fused-ring (bicyclic) bond motifs is 19. The Morgan fingerprint density at radius 2 is 0.593 bits per heavy atom. The Hall–Kier alpha value is -7.22. The summed E-state index contributed by atoms with van der Waals surface area (Å²) in [6.45, 7) is 4.72. The molecule has 0 heterocycles. The van der Waals surface area contributed by atoms with Crippen LogP contribution in [0.1, 0.15) is 47.2 Å². The highest BCUT2D eigenvalue weighted by Crippen LogP contribution is 2.63. The zero-order valence-corrected chi connectivity index (χ0v) is 33.0. The molecular weight excluding hydrogens is 711 g/mol. The van der Waals surface area contributed by atoms with Crippen molar-refractivity contribution in [3.63, 3.8) is 0 Å². The fraction of sp³-hybridized carbons (Fsp3) is 0.0690. The molecule has 0 N–H and O–H groups in total. The SMILES string of the molecule is CC1(C)c2ccccc2-c2cc(N(c3ccc4c(c3)-c3ccccc3C43c4ccccc4-c4ccccc43)c3ccc4c5ccccc5c5ccccc5c4c3)ccc21. The molecule has 1 nitrogen and oxygen atoms in total. The standard InChI is InChI=1S/C58H39N/c1-57(2)51-23-11-7-21-46(51)49-34-37(28-31-52(49)57)59(36-27-30-43-41-17-4-3-15-39(41)40-16-5-6-18-42(40)48(43)33-36)38-29-32-56-50(35-38)47-22-10-14-26-55(47)58(56)53-24-12-8-19-44(53)45-20-9-13-25-54(45)58/h3-35H,1-2H3. The van der Waals surface area contributed by atoms with Crippen LogP contribution in [0.4, 0.5) is 17.1 Å². The van der Waals surface area contributed by atoms with Crippen molar-refractivity contribution in [2.24, 2.45) is 0 Å². The zero-order chi connectivity index (χ0) is 39.0. The van der Waals surface area contributed by atoms with Gasteiger partial charge in [-0.1, -0.05) is 178 Å². The summed E-state index contributed by atoms with van der Waals surface area (Å²) < 4.78 is 0. The average molecular weight is 750 g/mol. The van der Waals surface area contributed by atoms with E-state index in [0.29, 0.717) is 0 Å². The molecule has 0 fully saturated rings. The van der Waals surface area contributed by atoms with Crippen LogP contribution in [0.5, 0.6) is 0 Å². The molecule has 13 rings (SSSR count). The van der Waals surface area contributed by atoms with Crippen LogP contribution < -0.4 is 4.90 Å². The van der Waals surface area contributed by atoms with Crippen molar-refractivity contribution in [3.8, 4) is 33.4 Å². The van der Waals surface area contributed by atoms with Gasteiger partial charge in [-0.3, -0.25) is 0 Å². The summed E-state index contributed by atoms with van der Waals surface area (Å²) in [4.78, 5) is 2.50. The Balaban J connectivity index is 1.09. The van der Waals surface area contributed by atoms with Crippen molar-refractivity contribution >= 4 is 49.4 Å². The van der Waals surface area contributed by atoms with Crippen LogP contribution in [0.25, 0.3) is 65.7 Å². The van der Waals surface area contributed by atoms with E-state index < -0.39 is 0 Å². The fourth-order valence-corrected chi connectivity index (χ4v) is 11.6. The Bertz CT molecular complexity index is 3360. The summed E-state index contributed by atoms with van der Waals surface area (Å²) in [7, 11) is 0. The molecule has 1 heteroatoms. The molecule has 0 bridgehead atoms. The van der Waals surface area contributed by atoms with Gasteiger partial charge in [0.15, 0.2) is 0 Å². The van der Waals surface area contributed by atoms with Gasteiger partial charge in [-0.2, -0.15) is 0 Å². The first-order valence-corrected chi connectivity index (χ1v) is 20.8. The first kappa shape index (κ1) is 32.8. The smallest absolute Gasteiger partial charge is 0.0725 e. The molecule has 276 valence electrons. The Morgan fingerprint density at radius 3 is 1.14 bits per heavy atom. The summed E-state index contributed by atoms with van der Waals surface area (Å²) >= 11 is 0. The van der Waals surface area contributed by atoms with E-state index in [1.54, 1.807) is 0 Å². The van der Waals surface area contributed by atoms with Gasteiger partial charge in [0.1, 0.15) is 0 Å². The van der Waals surface area contributed by atoms with Gasteiger partial charge in [0.05, 0.1) is 5.41 Å². The molecule has 0 unspecified atom stereocenters. The third-order valence-corrected chi connectivity index (χ3v) is 14.1. The van der Waals surface area contributed by atoms with Crippen molar-refractivity contribution in [3.05, 3.63) is 234 Å². The maximum atomic E-state index is 2.50. The summed E-state index contributed by atoms with van der Waals surface area (Å²) in [5.74, 6) is 0. The molecule has 3 aliphatic rings. The second kappa shape index (κ2) is 11.7. The molecular formula is C58H39N. The molecule has 0 saturated heterocycles. The van der Waals surface area contributed by atoms with E-state index in [-0.39, 0.29) is 10.8 Å². The monoisotopic (exact) mass is 749 g/mol. The highest BCUT2D eigenvalue weighted by molar-refractivity contribution is 6.25. The highest BCUT2D eigenvalue weighted by Gasteiger charge is 2.51. The topological polar surface area (TPSA) is 3.24 Å². The molecule has 0 atom stereocenters. The quantitative estimate of drug-likeness (QED) is 0.163. The number of nitrogens with zero attached hydrogens (tertiary/aromatic N) is 1. The molecule has 59 heavy (non-hydrogen) atoms. The van der Waals surface area contributed by atoms with Crippen LogP contribution in [0.3, 0.4) is 0 Å². The minimum Gasteiger partial charge on any atom is -0.310 e. The summed E-state index contributed by atoms with van der Waals surface area (Å²) in [6.07, 6.45) is 0. The van der Waals surface area contributed by atoms with Crippen molar-refractivity contribution in [2.75, 3.05) is 4.90 Å². The lowest BCUT2D eigenvalue weighted by Crippen LogP contribution is -2.25. The average Bonchev–Trinajstić information content (AvgIpc) is 3.85. The zero-order valence-electron chi connectivity index (χ0n) is 33.0. The third kappa shape index (κ3) is 4.19. The predicted molar refractivity (Wildman–Crippen MR) is 248 cm³/mol. The number of anilines is 3. The minimum absolute atomic E-state index is 0.0718. The molecule has 0 saturated carbocycles. The minimum atomic E-state index is -0.381. The summed E-state index contributed by atoms with van der Waals surface area (Å²) in [5.41, 5.74) is 19.1. The Morgan fingerprint density at radius 1 is 0.271 bits per heavy atom. The van der Waals surface area contributed by atoms with Gasteiger partial charge >= 0.3 is 0 Å². The normalized spacial score (nSPS) is 14.5. The van der Waals surface area contributed by atoms with E-state index in [1.807, 2.05) is 0 Å². The lowest BCUT2D eigenvalue weighted by molar-refractivity contribution is 0.660. The van der Waals surface area contributed by atoms with Gasteiger partial charge in [-0.25, -0.2) is 0 Å². The number of hydrogen-bond acceptors (Lipinski definition) is 1. The molecule has 3 aliphatic carbocycles. The van der Waals surface area contributed by atoms with E-state index in [9.17, 15) is 0 Å². The second-order valence-corrected chi connectivity index (χ2v) is 17.2. The molecule has 10 aromatic rings. The van der Waals surface area contributed by atoms with Crippen molar-refractivity contribution in [1.82, 2.24) is 0 Å². The predicted octanol–water partition coefficient (Wildman–Crippen LogP) is 15.3. The van der Waals surface area contributed by atoms with E-state index in [2.05, 4.69) is 219 Å². The molecule has 0 amide bonds. The van der Waals surface area contributed by atoms with E-state index >= 15 is 0 Å². The molecule has 0 radical (unpaired) electrons. The van der Waals surface area contributed by atoms with Gasteiger partial charge in [0, 0.05) is 22.5 Å². The van der Waals surface area contributed by atoms with E-state index in [4.69, 9.17) is 0 Å². The first-order chi connectivity index (χ1) is 29.0. The van der Waals surface area contributed by atoms with Gasteiger partial charge in [0.25, 0.3) is 0 Å².